The molecule has 6 aromatic rings. The van der Waals surface area contributed by atoms with E-state index in [1.54, 1.807) is 30.2 Å². The van der Waals surface area contributed by atoms with E-state index in [2.05, 4.69) is 26.0 Å². The Morgan fingerprint density at radius 3 is 2.66 bits per heavy atom. The molecule has 0 amide bonds. The van der Waals surface area contributed by atoms with Crippen LogP contribution in [0, 0.1) is 0 Å². The Labute approximate surface area is 210 Å². The zero-order valence-electron chi connectivity index (χ0n) is 18.3. The van der Waals surface area contributed by atoms with Gasteiger partial charge < -0.3 is 9.15 Å². The van der Waals surface area contributed by atoms with Crippen LogP contribution in [0.15, 0.2) is 86.8 Å². The van der Waals surface area contributed by atoms with E-state index in [9.17, 15) is 4.79 Å². The van der Waals surface area contributed by atoms with Gasteiger partial charge in [0.25, 0.3) is 5.56 Å². The van der Waals surface area contributed by atoms with Crippen molar-refractivity contribution in [3.05, 3.63) is 98.0 Å². The lowest BCUT2D eigenvalue weighted by Gasteiger charge is -2.05. The van der Waals surface area contributed by atoms with Crippen molar-refractivity contribution < 1.29 is 9.15 Å². The lowest BCUT2D eigenvalue weighted by Crippen LogP contribution is -2.23. The van der Waals surface area contributed by atoms with Crippen molar-refractivity contribution in [2.24, 2.45) is 0 Å². The number of aromatic nitrogens is 5. The normalized spacial score (nSPS) is 12.0. The first-order chi connectivity index (χ1) is 17.1. The number of hydrogen-bond donors (Lipinski definition) is 0. The van der Waals surface area contributed by atoms with Gasteiger partial charge in [-0.25, -0.2) is 4.68 Å². The fourth-order valence-electron chi connectivity index (χ4n) is 3.73. The smallest absolute Gasteiger partial charge is 0.291 e. The van der Waals surface area contributed by atoms with Gasteiger partial charge in [0.1, 0.15) is 11.4 Å². The highest BCUT2D eigenvalue weighted by Crippen LogP contribution is 2.32. The summed E-state index contributed by atoms with van der Waals surface area (Å²) in [6.07, 6.45) is 5.29. The van der Waals surface area contributed by atoms with Crippen molar-refractivity contribution in [3.8, 4) is 34.3 Å². The number of thiazole rings is 1. The third-order valence-electron chi connectivity index (χ3n) is 5.40. The number of halogens is 1. The highest BCUT2D eigenvalue weighted by Gasteiger charge is 2.16. The van der Waals surface area contributed by atoms with E-state index in [1.165, 1.54) is 15.9 Å². The van der Waals surface area contributed by atoms with Crippen molar-refractivity contribution in [1.29, 1.82) is 0 Å². The minimum atomic E-state index is -0.246. The molecule has 0 radical (unpaired) electrons. The van der Waals surface area contributed by atoms with Crippen molar-refractivity contribution in [3.63, 3.8) is 0 Å². The maximum atomic E-state index is 13.1. The van der Waals surface area contributed by atoms with E-state index < -0.39 is 0 Å². The van der Waals surface area contributed by atoms with Gasteiger partial charge in [-0.05, 0) is 64.5 Å². The summed E-state index contributed by atoms with van der Waals surface area (Å²) in [5.74, 6) is 1.62. The Hall–Kier alpha value is -4.02. The number of rotatable bonds is 5. The molecule has 8 nitrogen and oxygen atoms in total. The molecule has 0 aliphatic rings. The number of para-hydroxylation sites is 1. The van der Waals surface area contributed by atoms with E-state index in [-0.39, 0.29) is 5.56 Å². The molecule has 0 atom stereocenters. The number of benzene rings is 2. The Morgan fingerprint density at radius 1 is 1.09 bits per heavy atom. The molecule has 10 heteroatoms. The molecule has 0 unspecified atom stereocenters. The number of methoxy groups -OCH3 is 1. The van der Waals surface area contributed by atoms with Crippen LogP contribution in [0.1, 0.15) is 5.56 Å². The standard InChI is InChI=1S/C25H16BrN5O3S/c1-33-19-10-9-15(12-18(19)26)22-16(14-30(28-22)17-6-3-2-4-7-17)13-21-24(32)31-25(35-21)27-23(29-31)20-8-5-11-34-20/h2-14H,1H3/b21-13-. The molecule has 35 heavy (non-hydrogen) atoms. The predicted molar refractivity (Wildman–Crippen MR) is 137 cm³/mol. The first-order valence-electron chi connectivity index (χ1n) is 10.5. The molecule has 0 bridgehead atoms. The molecule has 0 fully saturated rings. The molecule has 0 spiro atoms. The monoisotopic (exact) mass is 545 g/mol. The minimum Gasteiger partial charge on any atom is -0.496 e. The Bertz CT molecular complexity index is 1770. The van der Waals surface area contributed by atoms with E-state index in [4.69, 9.17) is 14.3 Å². The van der Waals surface area contributed by atoms with Crippen LogP contribution in [0.2, 0.25) is 0 Å². The molecule has 0 aliphatic carbocycles. The summed E-state index contributed by atoms with van der Waals surface area (Å²) in [7, 11) is 1.62. The predicted octanol–water partition coefficient (Wildman–Crippen LogP) is 4.58. The Kier molecular flexibility index (Phi) is 5.31. The quantitative estimate of drug-likeness (QED) is 0.315. The minimum absolute atomic E-state index is 0.246. The highest BCUT2D eigenvalue weighted by molar-refractivity contribution is 9.10. The van der Waals surface area contributed by atoms with Crippen LogP contribution >= 0.6 is 27.3 Å². The largest absolute Gasteiger partial charge is 0.496 e. The summed E-state index contributed by atoms with van der Waals surface area (Å²) in [6, 6.07) is 19.1. The number of fused-ring (bicyclic) bond motifs is 1. The Balaban J connectivity index is 1.51. The van der Waals surface area contributed by atoms with Gasteiger partial charge in [0.15, 0.2) is 5.76 Å². The number of furan rings is 1. The third-order valence-corrected chi connectivity index (χ3v) is 6.98. The van der Waals surface area contributed by atoms with Gasteiger partial charge >= 0.3 is 0 Å². The van der Waals surface area contributed by atoms with E-state index in [0.29, 0.717) is 21.1 Å². The van der Waals surface area contributed by atoms with E-state index in [1.807, 2.05) is 60.8 Å². The molecule has 4 heterocycles. The average molecular weight is 546 g/mol. The van der Waals surface area contributed by atoms with Crippen LogP contribution in [0.5, 0.6) is 5.75 Å². The SMILES string of the molecule is COc1ccc(-c2nn(-c3ccccc3)cc2/C=c2\sc3nc(-c4ccco4)nn3c2=O)cc1Br. The first-order valence-corrected chi connectivity index (χ1v) is 12.2. The van der Waals surface area contributed by atoms with Crippen molar-refractivity contribution >= 4 is 38.3 Å². The topological polar surface area (TPSA) is 87.4 Å². The first kappa shape index (κ1) is 21.5. The van der Waals surface area contributed by atoms with Crippen LogP contribution in [0.3, 0.4) is 0 Å². The van der Waals surface area contributed by atoms with Gasteiger partial charge in [-0.3, -0.25) is 4.79 Å². The fourth-order valence-corrected chi connectivity index (χ4v) is 5.17. The summed E-state index contributed by atoms with van der Waals surface area (Å²) in [6.45, 7) is 0. The lowest BCUT2D eigenvalue weighted by atomic mass is 10.1. The number of ether oxygens (including phenoxy) is 1. The molecule has 0 saturated carbocycles. The van der Waals surface area contributed by atoms with Crippen molar-refractivity contribution in [2.45, 2.75) is 0 Å². The van der Waals surface area contributed by atoms with Crippen molar-refractivity contribution in [1.82, 2.24) is 24.4 Å². The second kappa shape index (κ2) is 8.64. The van der Waals surface area contributed by atoms with Gasteiger partial charge in [-0.2, -0.15) is 14.6 Å². The molecular weight excluding hydrogens is 530 g/mol. The van der Waals surface area contributed by atoms with Crippen LogP contribution in [0.4, 0.5) is 0 Å². The van der Waals surface area contributed by atoms with Crippen LogP contribution in [-0.2, 0) is 0 Å². The maximum Gasteiger partial charge on any atom is 0.291 e. The lowest BCUT2D eigenvalue weighted by molar-refractivity contribution is 0.412. The summed E-state index contributed by atoms with van der Waals surface area (Å²) in [4.78, 5) is 18.1. The van der Waals surface area contributed by atoms with Crippen LogP contribution in [-0.4, -0.2) is 31.5 Å². The molecule has 6 rings (SSSR count). The molecule has 0 N–H and O–H groups in total. The Morgan fingerprint density at radius 2 is 1.94 bits per heavy atom. The fraction of sp³-hybridized carbons (Fsp3) is 0.0400. The van der Waals surface area contributed by atoms with Crippen LogP contribution in [0.25, 0.3) is 39.6 Å². The van der Waals surface area contributed by atoms with E-state index >= 15 is 0 Å². The summed E-state index contributed by atoms with van der Waals surface area (Å²) in [5, 5.41) is 9.17. The molecular formula is C25H16BrN5O3S. The van der Waals surface area contributed by atoms with Crippen LogP contribution < -0.4 is 14.8 Å². The summed E-state index contributed by atoms with van der Waals surface area (Å²) in [5.41, 5.74) is 3.06. The third kappa shape index (κ3) is 3.86. The van der Waals surface area contributed by atoms with Gasteiger partial charge in [0.05, 0.1) is 28.1 Å². The van der Waals surface area contributed by atoms with Gasteiger partial charge in [0, 0.05) is 17.3 Å². The number of nitrogens with zero attached hydrogens (tertiary/aromatic N) is 5. The summed E-state index contributed by atoms with van der Waals surface area (Å²) >= 11 is 4.82. The van der Waals surface area contributed by atoms with E-state index in [0.717, 1.165) is 32.7 Å². The molecule has 4 aromatic heterocycles. The maximum absolute atomic E-state index is 13.1. The molecule has 0 aliphatic heterocycles. The average Bonchev–Trinajstić information content (AvgIpc) is 3.66. The second-order valence-electron chi connectivity index (χ2n) is 7.59. The second-order valence-corrected chi connectivity index (χ2v) is 9.45. The zero-order chi connectivity index (χ0) is 23.9. The van der Waals surface area contributed by atoms with Gasteiger partial charge in [-0.15, -0.1) is 5.10 Å². The summed E-state index contributed by atoms with van der Waals surface area (Å²) < 4.78 is 15.1. The molecule has 2 aromatic carbocycles. The molecule has 0 saturated heterocycles. The van der Waals surface area contributed by atoms with Gasteiger partial charge in [-0.1, -0.05) is 29.5 Å². The van der Waals surface area contributed by atoms with Crippen molar-refractivity contribution in [2.75, 3.05) is 7.11 Å². The number of hydrogen-bond acceptors (Lipinski definition) is 7. The zero-order valence-corrected chi connectivity index (χ0v) is 20.7. The highest BCUT2D eigenvalue weighted by atomic mass is 79.9. The molecule has 172 valence electrons. The van der Waals surface area contributed by atoms with Gasteiger partial charge in [0.2, 0.25) is 10.8 Å².